The maximum Gasteiger partial charge on any atom is 0.350 e. The fourth-order valence-electron chi connectivity index (χ4n) is 2.26. The normalized spacial score (nSPS) is 10.5. The summed E-state index contributed by atoms with van der Waals surface area (Å²) in [7, 11) is 1.30. The standard InChI is InChI=1S/C18H17N3O4S/c1-11-3-5-12(6-4-11)17-21-20-15(25-17)8-7-14(22)19-13-9-10-26-16(13)18(23)24-2/h3-6,9-10H,7-8H2,1-2H3,(H,19,22). The first-order valence-electron chi connectivity index (χ1n) is 7.92. The average molecular weight is 371 g/mol. The number of thiophene rings is 1. The van der Waals surface area contributed by atoms with E-state index in [2.05, 4.69) is 20.3 Å². The largest absolute Gasteiger partial charge is 0.465 e. The highest BCUT2D eigenvalue weighted by Gasteiger charge is 2.16. The molecule has 0 spiro atoms. The molecule has 3 rings (SSSR count). The van der Waals surface area contributed by atoms with Crippen molar-refractivity contribution in [1.29, 1.82) is 0 Å². The molecule has 26 heavy (non-hydrogen) atoms. The van der Waals surface area contributed by atoms with Crippen LogP contribution in [0.5, 0.6) is 0 Å². The Hall–Kier alpha value is -3.00. The van der Waals surface area contributed by atoms with Crippen molar-refractivity contribution in [3.05, 3.63) is 52.0 Å². The SMILES string of the molecule is COC(=O)c1sccc1NC(=O)CCc1nnc(-c2ccc(C)cc2)o1. The van der Waals surface area contributed by atoms with Gasteiger partial charge >= 0.3 is 5.97 Å². The lowest BCUT2D eigenvalue weighted by Crippen LogP contribution is -2.14. The van der Waals surface area contributed by atoms with Gasteiger partial charge in [-0.1, -0.05) is 17.7 Å². The van der Waals surface area contributed by atoms with Gasteiger partial charge in [0, 0.05) is 18.4 Å². The lowest BCUT2D eigenvalue weighted by atomic mass is 10.1. The van der Waals surface area contributed by atoms with Gasteiger partial charge in [-0.15, -0.1) is 21.5 Å². The Balaban J connectivity index is 1.58. The molecule has 7 nitrogen and oxygen atoms in total. The van der Waals surface area contributed by atoms with E-state index in [0.29, 0.717) is 28.8 Å². The molecule has 0 aliphatic carbocycles. The second-order valence-electron chi connectivity index (χ2n) is 5.57. The minimum absolute atomic E-state index is 0.159. The van der Waals surface area contributed by atoms with Crippen LogP contribution in [0.2, 0.25) is 0 Å². The maximum atomic E-state index is 12.1. The summed E-state index contributed by atoms with van der Waals surface area (Å²) < 4.78 is 10.3. The summed E-state index contributed by atoms with van der Waals surface area (Å²) in [6, 6.07) is 9.41. The molecule has 134 valence electrons. The maximum absolute atomic E-state index is 12.1. The van der Waals surface area contributed by atoms with Crippen LogP contribution in [0, 0.1) is 6.92 Å². The Kier molecular flexibility index (Phi) is 5.43. The summed E-state index contributed by atoms with van der Waals surface area (Å²) in [4.78, 5) is 24.1. The van der Waals surface area contributed by atoms with Gasteiger partial charge in [0.25, 0.3) is 0 Å². The van der Waals surface area contributed by atoms with E-state index >= 15 is 0 Å². The van der Waals surface area contributed by atoms with E-state index in [1.165, 1.54) is 18.4 Å². The lowest BCUT2D eigenvalue weighted by Gasteiger charge is -2.04. The number of carbonyl (C=O) groups excluding carboxylic acids is 2. The summed E-state index contributed by atoms with van der Waals surface area (Å²) in [5.74, 6) is 0.0824. The van der Waals surface area contributed by atoms with Gasteiger partial charge in [0.1, 0.15) is 4.88 Å². The first-order chi connectivity index (χ1) is 12.6. The number of aromatic nitrogens is 2. The summed E-state index contributed by atoms with van der Waals surface area (Å²) in [5, 5.41) is 12.4. The first kappa shape index (κ1) is 17.8. The number of carbonyl (C=O) groups is 2. The number of hydrogen-bond donors (Lipinski definition) is 1. The second kappa shape index (κ2) is 7.92. The highest BCUT2D eigenvalue weighted by atomic mass is 32.1. The number of methoxy groups -OCH3 is 1. The third-order valence-corrected chi connectivity index (χ3v) is 4.54. The molecule has 2 aromatic heterocycles. The Morgan fingerprint density at radius 2 is 1.96 bits per heavy atom. The van der Waals surface area contributed by atoms with Gasteiger partial charge in [-0.05, 0) is 30.5 Å². The highest BCUT2D eigenvalue weighted by molar-refractivity contribution is 7.12. The van der Waals surface area contributed by atoms with Crippen LogP contribution in [0.3, 0.4) is 0 Å². The topological polar surface area (TPSA) is 94.3 Å². The average Bonchev–Trinajstić information content (AvgIpc) is 3.29. The van der Waals surface area contributed by atoms with Gasteiger partial charge in [-0.3, -0.25) is 4.79 Å². The van der Waals surface area contributed by atoms with E-state index in [-0.39, 0.29) is 12.3 Å². The van der Waals surface area contributed by atoms with Crippen LogP contribution in [-0.4, -0.2) is 29.2 Å². The third kappa shape index (κ3) is 4.15. The smallest absolute Gasteiger partial charge is 0.350 e. The van der Waals surface area contributed by atoms with Crippen molar-refractivity contribution < 1.29 is 18.7 Å². The molecule has 2 heterocycles. The molecule has 8 heteroatoms. The summed E-state index contributed by atoms with van der Waals surface area (Å²) in [6.07, 6.45) is 0.467. The number of esters is 1. The molecule has 1 N–H and O–H groups in total. The van der Waals surface area contributed by atoms with E-state index in [1.54, 1.807) is 11.4 Å². The summed E-state index contributed by atoms with van der Waals surface area (Å²) >= 11 is 1.21. The van der Waals surface area contributed by atoms with Crippen molar-refractivity contribution in [2.75, 3.05) is 12.4 Å². The molecule has 0 radical (unpaired) electrons. The molecule has 1 amide bonds. The van der Waals surface area contributed by atoms with Crippen LogP contribution in [0.15, 0.2) is 40.1 Å². The fourth-order valence-corrected chi connectivity index (χ4v) is 3.02. The molecular weight excluding hydrogens is 354 g/mol. The number of aryl methyl sites for hydroxylation is 2. The molecule has 0 atom stereocenters. The predicted molar refractivity (Wildman–Crippen MR) is 97.1 cm³/mol. The summed E-state index contributed by atoms with van der Waals surface area (Å²) in [6.45, 7) is 2.00. The van der Waals surface area contributed by atoms with Gasteiger partial charge in [-0.2, -0.15) is 0 Å². The molecule has 0 fully saturated rings. The number of rotatable bonds is 6. The number of nitrogens with one attached hydrogen (secondary N) is 1. The van der Waals surface area contributed by atoms with Crippen molar-refractivity contribution in [3.63, 3.8) is 0 Å². The van der Waals surface area contributed by atoms with Crippen molar-refractivity contribution in [3.8, 4) is 11.5 Å². The van der Waals surface area contributed by atoms with E-state index in [0.717, 1.165) is 11.1 Å². The van der Waals surface area contributed by atoms with Gasteiger partial charge in [-0.25, -0.2) is 4.79 Å². The van der Waals surface area contributed by atoms with Gasteiger partial charge in [0.15, 0.2) is 0 Å². The molecule has 0 saturated heterocycles. The van der Waals surface area contributed by atoms with Gasteiger partial charge < -0.3 is 14.5 Å². The van der Waals surface area contributed by atoms with Crippen LogP contribution >= 0.6 is 11.3 Å². The number of benzene rings is 1. The number of hydrogen-bond acceptors (Lipinski definition) is 7. The van der Waals surface area contributed by atoms with Crippen LogP contribution in [0.25, 0.3) is 11.5 Å². The molecule has 0 bridgehead atoms. The zero-order chi connectivity index (χ0) is 18.5. The minimum atomic E-state index is -0.477. The van der Waals surface area contributed by atoms with E-state index in [4.69, 9.17) is 4.42 Å². The quantitative estimate of drug-likeness (QED) is 0.667. The van der Waals surface area contributed by atoms with Crippen LogP contribution < -0.4 is 5.32 Å². The zero-order valence-corrected chi connectivity index (χ0v) is 15.1. The molecule has 0 unspecified atom stereocenters. The number of amides is 1. The molecule has 0 saturated carbocycles. The molecule has 3 aromatic rings. The van der Waals surface area contributed by atoms with E-state index < -0.39 is 5.97 Å². The van der Waals surface area contributed by atoms with Crippen molar-refractivity contribution >= 4 is 28.9 Å². The predicted octanol–water partition coefficient (Wildman–Crippen LogP) is 3.46. The fraction of sp³-hybridized carbons (Fsp3) is 0.222. The van der Waals surface area contributed by atoms with Crippen molar-refractivity contribution in [2.24, 2.45) is 0 Å². The number of nitrogens with zero attached hydrogens (tertiary/aromatic N) is 2. The number of anilines is 1. The second-order valence-corrected chi connectivity index (χ2v) is 6.49. The minimum Gasteiger partial charge on any atom is -0.465 e. The Bertz CT molecular complexity index is 915. The van der Waals surface area contributed by atoms with Crippen molar-refractivity contribution in [2.45, 2.75) is 19.8 Å². The Morgan fingerprint density at radius 1 is 1.19 bits per heavy atom. The highest BCUT2D eigenvalue weighted by Crippen LogP contribution is 2.23. The third-order valence-electron chi connectivity index (χ3n) is 3.64. The zero-order valence-electron chi connectivity index (χ0n) is 14.3. The molecule has 0 aliphatic heterocycles. The van der Waals surface area contributed by atoms with E-state index in [1.807, 2.05) is 31.2 Å². The van der Waals surface area contributed by atoms with Crippen LogP contribution in [0.4, 0.5) is 5.69 Å². The monoisotopic (exact) mass is 371 g/mol. The van der Waals surface area contributed by atoms with Crippen LogP contribution in [0.1, 0.15) is 27.5 Å². The molecule has 0 aliphatic rings. The Morgan fingerprint density at radius 3 is 2.69 bits per heavy atom. The lowest BCUT2D eigenvalue weighted by molar-refractivity contribution is -0.116. The first-order valence-corrected chi connectivity index (χ1v) is 8.80. The van der Waals surface area contributed by atoms with E-state index in [9.17, 15) is 9.59 Å². The molecule has 1 aromatic carbocycles. The van der Waals surface area contributed by atoms with Gasteiger partial charge in [0.2, 0.25) is 17.7 Å². The van der Waals surface area contributed by atoms with Crippen molar-refractivity contribution in [1.82, 2.24) is 10.2 Å². The molecular formula is C18H17N3O4S. The summed E-state index contributed by atoms with van der Waals surface area (Å²) in [5.41, 5.74) is 2.42. The number of ether oxygens (including phenoxy) is 1. The van der Waals surface area contributed by atoms with Crippen LogP contribution in [-0.2, 0) is 16.0 Å². The Labute approximate surface area is 154 Å². The van der Waals surface area contributed by atoms with Gasteiger partial charge in [0.05, 0.1) is 12.8 Å².